The first-order valence-electron chi connectivity index (χ1n) is 10.1. The molecule has 7 heteroatoms. The number of ether oxygens (including phenoxy) is 1. The summed E-state index contributed by atoms with van der Waals surface area (Å²) in [5.41, 5.74) is 0.399. The highest BCUT2D eigenvalue weighted by atomic mass is 16.6. The molecule has 1 aromatic heterocycles. The number of aromatic nitrogens is 2. The molecule has 1 heterocycles. The van der Waals surface area contributed by atoms with Gasteiger partial charge < -0.3 is 19.7 Å². The zero-order valence-corrected chi connectivity index (χ0v) is 17.4. The van der Waals surface area contributed by atoms with Gasteiger partial charge in [0, 0.05) is 24.4 Å². The van der Waals surface area contributed by atoms with Gasteiger partial charge in [-0.15, -0.1) is 0 Å². The number of amides is 1. The number of carbonyl (C=O) groups excluding carboxylic acids is 1. The first-order valence-corrected chi connectivity index (χ1v) is 10.1. The number of carboxylic acid groups (broad SMARTS) is 1. The van der Waals surface area contributed by atoms with Gasteiger partial charge in [0.05, 0.1) is 12.0 Å². The highest BCUT2D eigenvalue weighted by Crippen LogP contribution is 2.31. The molecule has 156 valence electrons. The van der Waals surface area contributed by atoms with Gasteiger partial charge in [0.25, 0.3) is 0 Å². The number of carboxylic acids is 1. The smallest absolute Gasteiger partial charge is 0.407 e. The number of hydrogen-bond acceptors (Lipinski definition) is 4. The van der Waals surface area contributed by atoms with E-state index < -0.39 is 17.7 Å². The van der Waals surface area contributed by atoms with E-state index >= 15 is 0 Å². The molecule has 1 saturated carbocycles. The van der Waals surface area contributed by atoms with Gasteiger partial charge in [0.2, 0.25) is 0 Å². The lowest BCUT2D eigenvalue weighted by molar-refractivity contribution is -0.132. The Morgan fingerprint density at radius 3 is 2.61 bits per heavy atom. The summed E-state index contributed by atoms with van der Waals surface area (Å²) < 4.78 is 7.27. The van der Waals surface area contributed by atoms with Gasteiger partial charge in [-0.1, -0.05) is 6.92 Å². The molecule has 0 bridgehead atoms. The topological polar surface area (TPSA) is 93.5 Å². The predicted molar refractivity (Wildman–Crippen MR) is 108 cm³/mol. The van der Waals surface area contributed by atoms with Crippen LogP contribution in [-0.2, 0) is 9.53 Å². The molecular formula is C21H33N3O4. The Labute approximate surface area is 167 Å². The summed E-state index contributed by atoms with van der Waals surface area (Å²) in [5.74, 6) is -0.176. The van der Waals surface area contributed by atoms with E-state index in [-0.39, 0.29) is 5.57 Å². The monoisotopic (exact) mass is 391 g/mol. The van der Waals surface area contributed by atoms with Gasteiger partial charge in [-0.25, -0.2) is 14.6 Å². The Balaban J connectivity index is 1.87. The standard InChI is InChI=1S/C21H33N3O4/c1-15-7-9-18(10-8-15)24-13-17(23-14-24)12-16(19(25)26)6-5-11-22-20(27)28-21(2,3)4/h12-15,18H,5-11H2,1-4H3,(H,22,27)(H,25,26)/b16-12+/t15-,18+. The van der Waals surface area contributed by atoms with Gasteiger partial charge in [-0.3, -0.25) is 0 Å². The lowest BCUT2D eigenvalue weighted by Gasteiger charge is -2.26. The second-order valence-electron chi connectivity index (χ2n) is 8.67. The number of aliphatic carboxylic acids is 1. The highest BCUT2D eigenvalue weighted by molar-refractivity contribution is 5.91. The van der Waals surface area contributed by atoms with E-state index in [1.54, 1.807) is 33.2 Å². The van der Waals surface area contributed by atoms with Gasteiger partial charge in [-0.05, 0) is 71.3 Å². The van der Waals surface area contributed by atoms with Crippen LogP contribution in [0.1, 0.15) is 78.0 Å². The molecule has 1 aromatic rings. The van der Waals surface area contributed by atoms with Gasteiger partial charge >= 0.3 is 12.1 Å². The van der Waals surface area contributed by atoms with Crippen LogP contribution in [0.3, 0.4) is 0 Å². The Bertz CT molecular complexity index is 695. The van der Waals surface area contributed by atoms with Crippen molar-refractivity contribution in [2.75, 3.05) is 6.54 Å². The largest absolute Gasteiger partial charge is 0.478 e. The van der Waals surface area contributed by atoms with E-state index in [4.69, 9.17) is 4.74 Å². The zero-order valence-electron chi connectivity index (χ0n) is 17.4. The lowest BCUT2D eigenvalue weighted by atomic mass is 9.87. The summed E-state index contributed by atoms with van der Waals surface area (Å²) >= 11 is 0. The predicted octanol–water partition coefficient (Wildman–Crippen LogP) is 4.41. The lowest BCUT2D eigenvalue weighted by Crippen LogP contribution is -2.33. The molecule has 0 spiro atoms. The fraction of sp³-hybridized carbons (Fsp3) is 0.667. The van der Waals surface area contributed by atoms with Crippen molar-refractivity contribution in [2.24, 2.45) is 5.92 Å². The van der Waals surface area contributed by atoms with Gasteiger partial charge in [-0.2, -0.15) is 0 Å². The quantitative estimate of drug-likeness (QED) is 0.530. The molecular weight excluding hydrogens is 358 g/mol. The van der Waals surface area contributed by atoms with Crippen LogP contribution >= 0.6 is 0 Å². The Kier molecular flexibility index (Phi) is 7.66. The molecule has 2 rings (SSSR count). The molecule has 0 saturated heterocycles. The average Bonchev–Trinajstić information content (AvgIpc) is 3.05. The molecule has 0 unspecified atom stereocenters. The number of carbonyl (C=O) groups is 2. The Hall–Kier alpha value is -2.31. The minimum atomic E-state index is -0.960. The van der Waals surface area contributed by atoms with Crippen LogP contribution in [-0.4, -0.2) is 38.9 Å². The highest BCUT2D eigenvalue weighted by Gasteiger charge is 2.20. The van der Waals surface area contributed by atoms with Crippen molar-refractivity contribution >= 4 is 18.1 Å². The molecule has 0 radical (unpaired) electrons. The van der Waals surface area contributed by atoms with Gasteiger partial charge in [0.1, 0.15) is 5.60 Å². The molecule has 7 nitrogen and oxygen atoms in total. The zero-order chi connectivity index (χ0) is 20.7. The maximum atomic E-state index is 11.6. The SMILES string of the molecule is CC(C)(C)OC(=O)NCCC/C(=C\c1cn([C@H]2CC[C@@H](C)CC2)cn1)C(=O)O. The summed E-state index contributed by atoms with van der Waals surface area (Å²) in [7, 11) is 0. The van der Waals surface area contributed by atoms with Crippen LogP contribution in [0.5, 0.6) is 0 Å². The van der Waals surface area contributed by atoms with Crippen molar-refractivity contribution in [1.82, 2.24) is 14.9 Å². The summed E-state index contributed by atoms with van der Waals surface area (Å²) in [6.07, 6.45) is 10.5. The number of rotatable bonds is 7. The van der Waals surface area contributed by atoms with E-state index in [9.17, 15) is 14.7 Å². The van der Waals surface area contributed by atoms with Crippen LogP contribution in [0.15, 0.2) is 18.1 Å². The van der Waals surface area contributed by atoms with E-state index in [0.717, 1.165) is 18.8 Å². The van der Waals surface area contributed by atoms with Crippen molar-refractivity contribution in [3.05, 3.63) is 23.8 Å². The van der Waals surface area contributed by atoms with E-state index in [1.807, 2.05) is 6.20 Å². The molecule has 1 fully saturated rings. The Morgan fingerprint density at radius 2 is 2.00 bits per heavy atom. The van der Waals surface area contributed by atoms with Crippen molar-refractivity contribution in [1.29, 1.82) is 0 Å². The summed E-state index contributed by atoms with van der Waals surface area (Å²) in [6, 6.07) is 0.456. The number of imidazole rings is 1. The van der Waals surface area contributed by atoms with E-state index in [1.165, 1.54) is 12.8 Å². The third-order valence-corrected chi connectivity index (χ3v) is 4.92. The number of alkyl carbamates (subject to hydrolysis) is 1. The van der Waals surface area contributed by atoms with Crippen LogP contribution in [0.4, 0.5) is 4.79 Å². The van der Waals surface area contributed by atoms with Crippen molar-refractivity contribution in [2.45, 2.75) is 77.9 Å². The number of hydrogen-bond donors (Lipinski definition) is 2. The maximum absolute atomic E-state index is 11.6. The average molecular weight is 392 g/mol. The van der Waals surface area contributed by atoms with E-state index in [2.05, 4.69) is 21.8 Å². The van der Waals surface area contributed by atoms with Crippen molar-refractivity contribution < 1.29 is 19.4 Å². The second kappa shape index (κ2) is 9.75. The van der Waals surface area contributed by atoms with E-state index in [0.29, 0.717) is 31.1 Å². The van der Waals surface area contributed by atoms with Crippen molar-refractivity contribution in [3.63, 3.8) is 0 Å². The number of nitrogens with one attached hydrogen (secondary N) is 1. The summed E-state index contributed by atoms with van der Waals surface area (Å²) in [4.78, 5) is 27.5. The van der Waals surface area contributed by atoms with Crippen LogP contribution < -0.4 is 5.32 Å². The first-order chi connectivity index (χ1) is 13.1. The normalized spacial score (nSPS) is 20.6. The van der Waals surface area contributed by atoms with Crippen LogP contribution in [0.25, 0.3) is 6.08 Å². The molecule has 0 aliphatic heterocycles. The molecule has 0 atom stereocenters. The van der Waals surface area contributed by atoms with Crippen LogP contribution in [0.2, 0.25) is 0 Å². The molecule has 0 aromatic carbocycles. The maximum Gasteiger partial charge on any atom is 0.407 e. The molecule has 1 aliphatic carbocycles. The third-order valence-electron chi connectivity index (χ3n) is 4.92. The van der Waals surface area contributed by atoms with Gasteiger partial charge in [0.15, 0.2) is 0 Å². The van der Waals surface area contributed by atoms with Crippen molar-refractivity contribution in [3.8, 4) is 0 Å². The third kappa shape index (κ3) is 7.37. The second-order valence-corrected chi connectivity index (χ2v) is 8.67. The minimum absolute atomic E-state index is 0.286. The Morgan fingerprint density at radius 1 is 1.32 bits per heavy atom. The fourth-order valence-electron chi connectivity index (χ4n) is 3.37. The van der Waals surface area contributed by atoms with Crippen LogP contribution in [0, 0.1) is 5.92 Å². The fourth-order valence-corrected chi connectivity index (χ4v) is 3.37. The molecule has 2 N–H and O–H groups in total. The summed E-state index contributed by atoms with van der Waals surface area (Å²) in [6.45, 7) is 8.03. The number of nitrogens with zero attached hydrogens (tertiary/aromatic N) is 2. The first kappa shape index (κ1) is 22.0. The summed E-state index contributed by atoms with van der Waals surface area (Å²) in [5, 5.41) is 12.1. The molecule has 28 heavy (non-hydrogen) atoms. The minimum Gasteiger partial charge on any atom is -0.478 e. The molecule has 1 aliphatic rings. The molecule has 1 amide bonds.